The number of carbonyl (C=O) groups is 2. The summed E-state index contributed by atoms with van der Waals surface area (Å²) in [6.07, 6.45) is 0.549. The topological polar surface area (TPSA) is 90.6 Å². The van der Waals surface area contributed by atoms with E-state index in [1.165, 1.54) is 17.0 Å². The molecule has 3 aromatic carbocycles. The molecule has 6 nitrogen and oxygen atoms in total. The van der Waals surface area contributed by atoms with Crippen molar-refractivity contribution >= 4 is 11.9 Å². The lowest BCUT2D eigenvalue weighted by Gasteiger charge is -2.29. The number of aliphatic carboxylic acids is 1. The molecule has 1 heterocycles. The molecule has 0 aromatic heterocycles. The van der Waals surface area contributed by atoms with Crippen molar-refractivity contribution in [3.8, 4) is 22.9 Å². The fraction of sp³-hybridized carbons (Fsp3) is 0.192. The van der Waals surface area contributed by atoms with Gasteiger partial charge in [0.2, 0.25) is 0 Å². The van der Waals surface area contributed by atoms with Crippen LogP contribution >= 0.6 is 0 Å². The second kappa shape index (κ2) is 9.13. The van der Waals surface area contributed by atoms with Crippen molar-refractivity contribution in [2.45, 2.75) is 24.9 Å². The Morgan fingerprint density at radius 1 is 1.09 bits per heavy atom. The standard InChI is InChI=1S/C26H21FN2O4/c1-33-19-9-6-16(7-10-19)20-11-8-17(14-18(20)15-28)25(30)29-23(12-13-24(29)26(31)32)21-4-2-3-5-22(21)27/h2-11,14,23-24H,12-13H2,1H3,(H,31,32)/t23-,24+/m1/s1. The molecule has 0 unspecified atom stereocenters. The Morgan fingerprint density at radius 2 is 1.82 bits per heavy atom. The first-order valence-electron chi connectivity index (χ1n) is 10.4. The van der Waals surface area contributed by atoms with Crippen LogP contribution in [-0.2, 0) is 4.79 Å². The van der Waals surface area contributed by atoms with E-state index in [0.717, 1.165) is 5.56 Å². The van der Waals surface area contributed by atoms with Gasteiger partial charge in [0.05, 0.1) is 24.8 Å². The predicted molar refractivity (Wildman–Crippen MR) is 119 cm³/mol. The third kappa shape index (κ3) is 4.15. The summed E-state index contributed by atoms with van der Waals surface area (Å²) < 4.78 is 19.6. The van der Waals surface area contributed by atoms with E-state index in [-0.39, 0.29) is 23.1 Å². The van der Waals surface area contributed by atoms with Crippen molar-refractivity contribution in [1.29, 1.82) is 5.26 Å². The fourth-order valence-electron chi connectivity index (χ4n) is 4.33. The smallest absolute Gasteiger partial charge is 0.326 e. The summed E-state index contributed by atoms with van der Waals surface area (Å²) in [5.41, 5.74) is 2.15. The molecule has 7 heteroatoms. The number of carbonyl (C=O) groups excluding carboxylic acids is 1. The first-order chi connectivity index (χ1) is 15.9. The zero-order valence-electron chi connectivity index (χ0n) is 17.9. The number of hydrogen-bond donors (Lipinski definition) is 1. The van der Waals surface area contributed by atoms with Gasteiger partial charge < -0.3 is 14.7 Å². The van der Waals surface area contributed by atoms with Crippen LogP contribution in [0.4, 0.5) is 4.39 Å². The minimum absolute atomic E-state index is 0.179. The van der Waals surface area contributed by atoms with E-state index < -0.39 is 29.8 Å². The molecule has 1 fully saturated rings. The molecular formula is C26H21FN2O4. The summed E-state index contributed by atoms with van der Waals surface area (Å²) in [5.74, 6) is -1.50. The van der Waals surface area contributed by atoms with Gasteiger partial charge in [0.15, 0.2) is 0 Å². The molecule has 0 bridgehead atoms. The zero-order valence-corrected chi connectivity index (χ0v) is 17.9. The normalized spacial score (nSPS) is 17.4. The Morgan fingerprint density at radius 3 is 2.45 bits per heavy atom. The maximum atomic E-state index is 14.5. The molecule has 1 amide bonds. The number of nitrogens with zero attached hydrogens (tertiary/aromatic N) is 2. The van der Waals surface area contributed by atoms with Crippen LogP contribution in [0, 0.1) is 17.1 Å². The molecule has 1 saturated heterocycles. The molecule has 166 valence electrons. The predicted octanol–water partition coefficient (Wildman–Crippen LogP) is 4.80. The van der Waals surface area contributed by atoms with E-state index in [9.17, 15) is 24.3 Å². The monoisotopic (exact) mass is 444 g/mol. The molecule has 0 spiro atoms. The number of rotatable bonds is 5. The van der Waals surface area contributed by atoms with E-state index >= 15 is 0 Å². The molecule has 1 aliphatic heterocycles. The second-order valence-electron chi connectivity index (χ2n) is 7.78. The van der Waals surface area contributed by atoms with Crippen molar-refractivity contribution in [1.82, 2.24) is 4.90 Å². The van der Waals surface area contributed by atoms with Crippen LogP contribution in [0.1, 0.15) is 40.4 Å². The highest BCUT2D eigenvalue weighted by atomic mass is 19.1. The lowest BCUT2D eigenvalue weighted by molar-refractivity contribution is -0.141. The van der Waals surface area contributed by atoms with Crippen LogP contribution in [0.25, 0.3) is 11.1 Å². The van der Waals surface area contributed by atoms with Crippen LogP contribution in [-0.4, -0.2) is 35.0 Å². The molecular weight excluding hydrogens is 423 g/mol. The van der Waals surface area contributed by atoms with Crippen LogP contribution in [0.5, 0.6) is 5.75 Å². The lowest BCUT2D eigenvalue weighted by Crippen LogP contribution is -2.42. The van der Waals surface area contributed by atoms with Gasteiger partial charge in [0.1, 0.15) is 17.6 Å². The van der Waals surface area contributed by atoms with E-state index in [1.54, 1.807) is 49.6 Å². The molecule has 3 aromatic rings. The highest BCUT2D eigenvalue weighted by molar-refractivity contribution is 5.98. The average molecular weight is 444 g/mol. The number of amides is 1. The number of carboxylic acids is 1. The molecule has 0 radical (unpaired) electrons. The molecule has 1 aliphatic rings. The zero-order chi connectivity index (χ0) is 23.5. The summed E-state index contributed by atoms with van der Waals surface area (Å²) in [4.78, 5) is 26.6. The maximum absolute atomic E-state index is 14.5. The molecule has 0 aliphatic carbocycles. The minimum Gasteiger partial charge on any atom is -0.497 e. The van der Waals surface area contributed by atoms with Gasteiger partial charge in [-0.25, -0.2) is 9.18 Å². The van der Waals surface area contributed by atoms with Crippen LogP contribution in [0.2, 0.25) is 0 Å². The Hall–Kier alpha value is -4.18. The highest BCUT2D eigenvalue weighted by Gasteiger charge is 2.42. The molecule has 2 atom stereocenters. The maximum Gasteiger partial charge on any atom is 0.326 e. The third-order valence-corrected chi connectivity index (χ3v) is 5.96. The van der Waals surface area contributed by atoms with Gasteiger partial charge in [0.25, 0.3) is 5.91 Å². The lowest BCUT2D eigenvalue weighted by atomic mass is 9.97. The van der Waals surface area contributed by atoms with Crippen LogP contribution in [0.3, 0.4) is 0 Å². The number of hydrogen-bond acceptors (Lipinski definition) is 4. The number of benzene rings is 3. The number of nitriles is 1. The number of ether oxygens (including phenoxy) is 1. The van der Waals surface area contributed by atoms with Gasteiger partial charge >= 0.3 is 5.97 Å². The van der Waals surface area contributed by atoms with Gasteiger partial charge in [-0.15, -0.1) is 0 Å². The minimum atomic E-state index is -1.14. The molecule has 1 N–H and O–H groups in total. The number of methoxy groups -OCH3 is 1. The first kappa shape index (κ1) is 22.0. The van der Waals surface area contributed by atoms with Gasteiger partial charge in [0, 0.05) is 11.1 Å². The first-order valence-corrected chi connectivity index (χ1v) is 10.4. The van der Waals surface area contributed by atoms with E-state index in [4.69, 9.17) is 4.74 Å². The summed E-state index contributed by atoms with van der Waals surface area (Å²) >= 11 is 0. The van der Waals surface area contributed by atoms with E-state index in [2.05, 4.69) is 6.07 Å². The largest absolute Gasteiger partial charge is 0.497 e. The summed E-state index contributed by atoms with van der Waals surface area (Å²) in [5, 5.41) is 19.4. The number of likely N-dealkylation sites (tertiary alicyclic amines) is 1. The van der Waals surface area contributed by atoms with E-state index in [1.807, 2.05) is 12.1 Å². The molecule has 33 heavy (non-hydrogen) atoms. The van der Waals surface area contributed by atoms with Crippen LogP contribution in [0.15, 0.2) is 66.7 Å². The highest BCUT2D eigenvalue weighted by Crippen LogP contribution is 2.39. The van der Waals surface area contributed by atoms with Gasteiger partial charge in [-0.05, 0) is 54.3 Å². The average Bonchev–Trinajstić information content (AvgIpc) is 3.29. The summed E-state index contributed by atoms with van der Waals surface area (Å²) in [6.45, 7) is 0. The van der Waals surface area contributed by atoms with Gasteiger partial charge in [-0.3, -0.25) is 4.79 Å². The second-order valence-corrected chi connectivity index (χ2v) is 7.78. The summed E-state index contributed by atoms with van der Waals surface area (Å²) in [6, 6.07) is 18.3. The van der Waals surface area contributed by atoms with Crippen molar-refractivity contribution in [3.05, 3.63) is 89.2 Å². The Bertz CT molecular complexity index is 1250. The number of halogens is 1. The Labute approximate surface area is 190 Å². The number of carboxylic acid groups (broad SMARTS) is 1. The Kier molecular flexibility index (Phi) is 6.09. The third-order valence-electron chi connectivity index (χ3n) is 5.96. The van der Waals surface area contributed by atoms with Crippen LogP contribution < -0.4 is 4.74 Å². The molecule has 0 saturated carbocycles. The van der Waals surface area contributed by atoms with Crippen molar-refractivity contribution in [2.75, 3.05) is 7.11 Å². The molecule has 4 rings (SSSR count). The van der Waals surface area contributed by atoms with Gasteiger partial charge in [-0.2, -0.15) is 5.26 Å². The fourth-order valence-corrected chi connectivity index (χ4v) is 4.33. The van der Waals surface area contributed by atoms with Crippen molar-refractivity contribution in [2.24, 2.45) is 0 Å². The SMILES string of the molecule is COc1ccc(-c2ccc(C(=O)N3[C@@H](c4ccccc4F)CC[C@H]3C(=O)O)cc2C#N)cc1. The van der Waals surface area contributed by atoms with E-state index in [0.29, 0.717) is 17.7 Å². The van der Waals surface area contributed by atoms with Crippen molar-refractivity contribution in [3.63, 3.8) is 0 Å². The van der Waals surface area contributed by atoms with Crippen molar-refractivity contribution < 1.29 is 23.8 Å². The quantitative estimate of drug-likeness (QED) is 0.610. The Balaban J connectivity index is 1.72. The van der Waals surface area contributed by atoms with Gasteiger partial charge in [-0.1, -0.05) is 36.4 Å². The summed E-state index contributed by atoms with van der Waals surface area (Å²) in [7, 11) is 1.56.